The van der Waals surface area contributed by atoms with Crippen LogP contribution in [0.1, 0.15) is 30.4 Å². The number of aliphatic hydroxyl groups excluding tert-OH is 1. The molecule has 0 fully saturated rings. The van der Waals surface area contributed by atoms with Crippen molar-refractivity contribution in [3.63, 3.8) is 0 Å². The van der Waals surface area contributed by atoms with Crippen LogP contribution < -0.4 is 0 Å². The number of imidazole rings is 1. The van der Waals surface area contributed by atoms with Gasteiger partial charge >= 0.3 is 0 Å². The number of thioether (sulfide) groups is 1. The van der Waals surface area contributed by atoms with E-state index in [1.54, 1.807) is 11.8 Å². The predicted molar refractivity (Wildman–Crippen MR) is 79.8 cm³/mol. The lowest BCUT2D eigenvalue weighted by molar-refractivity contribution is 0.296. The molecule has 3 rings (SSSR count). The third-order valence-electron chi connectivity index (χ3n) is 3.84. The van der Waals surface area contributed by atoms with Crippen LogP contribution in [-0.2, 0) is 19.9 Å². The fraction of sp³-hybridized carbons (Fsp3) is 0.533. The molecule has 3 nitrogen and oxygen atoms in total. The number of fused-ring (bicyclic) bond motifs is 2. The van der Waals surface area contributed by atoms with Gasteiger partial charge in [-0.3, -0.25) is 0 Å². The van der Waals surface area contributed by atoms with Crippen LogP contribution in [0.2, 0.25) is 0 Å². The molecule has 1 heterocycles. The molecular weight excluding hydrogens is 256 g/mol. The molecule has 1 N–H and O–H groups in total. The van der Waals surface area contributed by atoms with Gasteiger partial charge in [-0.1, -0.05) is 11.8 Å². The SMILES string of the molecule is Cn1c(SCCCO)nc2cc3c(cc21)CCCC3. The Kier molecular flexibility index (Phi) is 3.80. The predicted octanol–water partition coefficient (Wildman–Crippen LogP) is 2.93. The van der Waals surface area contributed by atoms with Crippen LogP contribution in [0, 0.1) is 0 Å². The van der Waals surface area contributed by atoms with E-state index in [2.05, 4.69) is 23.7 Å². The first-order valence-electron chi connectivity index (χ1n) is 7.01. The zero-order valence-corrected chi connectivity index (χ0v) is 12.2. The standard InChI is InChI=1S/C15H20N2OS/c1-17-14-10-12-6-3-2-5-11(12)9-13(14)16-15(17)19-8-4-7-18/h9-10,18H,2-8H2,1H3. The van der Waals surface area contributed by atoms with Crippen LogP contribution in [-0.4, -0.2) is 27.0 Å². The summed E-state index contributed by atoms with van der Waals surface area (Å²) < 4.78 is 2.19. The highest BCUT2D eigenvalue weighted by molar-refractivity contribution is 7.99. The fourth-order valence-corrected chi connectivity index (χ4v) is 3.67. The lowest BCUT2D eigenvalue weighted by atomic mass is 9.91. The molecule has 0 spiro atoms. The summed E-state index contributed by atoms with van der Waals surface area (Å²) in [5.74, 6) is 0.924. The van der Waals surface area contributed by atoms with E-state index in [4.69, 9.17) is 10.1 Å². The van der Waals surface area contributed by atoms with Crippen LogP contribution in [0.15, 0.2) is 17.3 Å². The minimum absolute atomic E-state index is 0.255. The van der Waals surface area contributed by atoms with Gasteiger partial charge in [0, 0.05) is 19.4 Å². The topological polar surface area (TPSA) is 38.0 Å². The van der Waals surface area contributed by atoms with E-state index in [1.165, 1.54) is 42.3 Å². The zero-order chi connectivity index (χ0) is 13.2. The summed E-state index contributed by atoms with van der Waals surface area (Å²) >= 11 is 1.73. The number of benzene rings is 1. The Morgan fingerprint density at radius 3 is 2.74 bits per heavy atom. The Morgan fingerprint density at radius 1 is 1.26 bits per heavy atom. The van der Waals surface area contributed by atoms with Crippen LogP contribution >= 0.6 is 11.8 Å². The second kappa shape index (κ2) is 5.55. The van der Waals surface area contributed by atoms with E-state index < -0.39 is 0 Å². The van der Waals surface area contributed by atoms with Gasteiger partial charge < -0.3 is 9.67 Å². The first-order chi connectivity index (χ1) is 9.29. The molecule has 0 atom stereocenters. The fourth-order valence-electron chi connectivity index (χ4n) is 2.76. The van der Waals surface area contributed by atoms with Crippen molar-refractivity contribution < 1.29 is 5.11 Å². The summed E-state index contributed by atoms with van der Waals surface area (Å²) in [6.07, 6.45) is 5.86. The lowest BCUT2D eigenvalue weighted by Crippen LogP contribution is -2.02. The number of aryl methyl sites for hydroxylation is 3. The second-order valence-corrected chi connectivity index (χ2v) is 6.26. The molecule has 0 aliphatic heterocycles. The summed E-state index contributed by atoms with van der Waals surface area (Å²) in [6, 6.07) is 4.60. The third kappa shape index (κ3) is 2.51. The molecule has 0 amide bonds. The molecule has 1 aliphatic rings. The Bertz CT molecular complexity index is 591. The van der Waals surface area contributed by atoms with Gasteiger partial charge in [-0.2, -0.15) is 0 Å². The largest absolute Gasteiger partial charge is 0.396 e. The Balaban J connectivity index is 1.95. The van der Waals surface area contributed by atoms with Gasteiger partial charge in [0.15, 0.2) is 5.16 Å². The van der Waals surface area contributed by atoms with Gasteiger partial charge in [0.2, 0.25) is 0 Å². The van der Waals surface area contributed by atoms with Crippen LogP contribution in [0.5, 0.6) is 0 Å². The smallest absolute Gasteiger partial charge is 0.168 e. The molecule has 4 heteroatoms. The molecule has 1 aromatic carbocycles. The minimum atomic E-state index is 0.255. The molecular formula is C15H20N2OS. The van der Waals surface area contributed by atoms with Gasteiger partial charge in [0.1, 0.15) is 0 Å². The molecule has 0 saturated carbocycles. The van der Waals surface area contributed by atoms with E-state index in [0.717, 1.165) is 22.8 Å². The van der Waals surface area contributed by atoms with Gasteiger partial charge in [0.25, 0.3) is 0 Å². The van der Waals surface area contributed by atoms with Crippen molar-refractivity contribution in [1.29, 1.82) is 0 Å². The van der Waals surface area contributed by atoms with Gasteiger partial charge in [-0.25, -0.2) is 4.98 Å². The third-order valence-corrected chi connectivity index (χ3v) is 4.95. The first-order valence-corrected chi connectivity index (χ1v) is 8.00. The summed E-state index contributed by atoms with van der Waals surface area (Å²) in [5.41, 5.74) is 5.36. The van der Waals surface area contributed by atoms with Crippen LogP contribution in [0.4, 0.5) is 0 Å². The second-order valence-electron chi connectivity index (χ2n) is 5.20. The Morgan fingerprint density at radius 2 is 2.00 bits per heavy atom. The van der Waals surface area contributed by atoms with E-state index in [-0.39, 0.29) is 6.61 Å². The Hall–Kier alpha value is -1.00. The first kappa shape index (κ1) is 13.0. The van der Waals surface area contributed by atoms with Crippen molar-refractivity contribution in [3.8, 4) is 0 Å². The number of hydrogen-bond donors (Lipinski definition) is 1. The normalized spacial score (nSPS) is 14.8. The van der Waals surface area contributed by atoms with Crippen LogP contribution in [0.3, 0.4) is 0 Å². The molecule has 19 heavy (non-hydrogen) atoms. The summed E-state index contributed by atoms with van der Waals surface area (Å²) in [5, 5.41) is 9.92. The van der Waals surface area contributed by atoms with Crippen molar-refractivity contribution in [1.82, 2.24) is 9.55 Å². The van der Waals surface area contributed by atoms with Crippen molar-refractivity contribution in [2.45, 2.75) is 37.3 Å². The lowest BCUT2D eigenvalue weighted by Gasteiger charge is -2.15. The molecule has 0 saturated heterocycles. The van der Waals surface area contributed by atoms with Gasteiger partial charge in [0.05, 0.1) is 11.0 Å². The quantitative estimate of drug-likeness (QED) is 0.689. The van der Waals surface area contributed by atoms with E-state index in [1.807, 2.05) is 0 Å². The van der Waals surface area contributed by atoms with E-state index in [0.29, 0.717) is 0 Å². The average Bonchev–Trinajstić information content (AvgIpc) is 2.73. The average molecular weight is 276 g/mol. The molecule has 0 radical (unpaired) electrons. The number of rotatable bonds is 4. The van der Waals surface area contributed by atoms with Crippen molar-refractivity contribution in [3.05, 3.63) is 23.3 Å². The maximum absolute atomic E-state index is 8.86. The zero-order valence-electron chi connectivity index (χ0n) is 11.4. The number of aliphatic hydroxyl groups is 1. The van der Waals surface area contributed by atoms with Crippen molar-refractivity contribution in [2.24, 2.45) is 7.05 Å². The maximum atomic E-state index is 8.86. The highest BCUT2D eigenvalue weighted by Gasteiger charge is 2.14. The number of hydrogen-bond acceptors (Lipinski definition) is 3. The number of nitrogens with zero attached hydrogens (tertiary/aromatic N) is 2. The van der Waals surface area contributed by atoms with Gasteiger partial charge in [-0.05, 0) is 55.4 Å². The number of aromatic nitrogens is 2. The molecule has 0 bridgehead atoms. The summed E-state index contributed by atoms with van der Waals surface area (Å²) in [4.78, 5) is 4.74. The molecule has 102 valence electrons. The summed E-state index contributed by atoms with van der Waals surface area (Å²) in [6.45, 7) is 0.255. The van der Waals surface area contributed by atoms with E-state index >= 15 is 0 Å². The summed E-state index contributed by atoms with van der Waals surface area (Å²) in [7, 11) is 2.09. The maximum Gasteiger partial charge on any atom is 0.168 e. The molecule has 2 aromatic rings. The molecule has 1 aromatic heterocycles. The molecule has 1 aliphatic carbocycles. The molecule has 0 unspecified atom stereocenters. The van der Waals surface area contributed by atoms with Crippen molar-refractivity contribution >= 4 is 22.8 Å². The minimum Gasteiger partial charge on any atom is -0.396 e. The Labute approximate surface area is 118 Å². The highest BCUT2D eigenvalue weighted by atomic mass is 32.2. The highest BCUT2D eigenvalue weighted by Crippen LogP contribution is 2.29. The van der Waals surface area contributed by atoms with E-state index in [9.17, 15) is 0 Å². The van der Waals surface area contributed by atoms with Gasteiger partial charge in [-0.15, -0.1) is 0 Å². The monoisotopic (exact) mass is 276 g/mol. The van der Waals surface area contributed by atoms with Crippen LogP contribution in [0.25, 0.3) is 11.0 Å². The van der Waals surface area contributed by atoms with Crippen molar-refractivity contribution in [2.75, 3.05) is 12.4 Å².